The highest BCUT2D eigenvalue weighted by atomic mass is 32.2. The summed E-state index contributed by atoms with van der Waals surface area (Å²) in [5.41, 5.74) is 0.379. The average Bonchev–Trinajstić information content (AvgIpc) is 2.64. The summed E-state index contributed by atoms with van der Waals surface area (Å²) >= 11 is 0. The normalized spacial score (nSPS) is 21.6. The monoisotopic (exact) mass is 278 g/mol. The molecule has 0 aromatic heterocycles. The van der Waals surface area contributed by atoms with Crippen LogP contribution in [-0.2, 0) is 10.0 Å². The van der Waals surface area contributed by atoms with Crippen molar-refractivity contribution in [2.24, 2.45) is 5.92 Å². The van der Waals surface area contributed by atoms with Gasteiger partial charge < -0.3 is 0 Å². The van der Waals surface area contributed by atoms with E-state index in [0.717, 1.165) is 19.3 Å². The molecule has 5 heteroatoms. The minimum absolute atomic E-state index is 0.223. The molecule has 0 bridgehead atoms. The van der Waals surface area contributed by atoms with Gasteiger partial charge in [-0.05, 0) is 43.4 Å². The minimum Gasteiger partial charge on any atom is -0.207 e. The Morgan fingerprint density at radius 1 is 1.32 bits per heavy atom. The van der Waals surface area contributed by atoms with Crippen LogP contribution in [0, 0.1) is 17.2 Å². The number of benzene rings is 1. The standard InChI is InChI=1S/C14H18N2O2S/c1-12-4-3-8-16(9-7-12)19(17,18)14-6-2-5-13(10-14)11-15/h2,5-6,10,12H,3-4,7-9H2,1H3. The highest BCUT2D eigenvalue weighted by molar-refractivity contribution is 7.89. The van der Waals surface area contributed by atoms with E-state index >= 15 is 0 Å². The van der Waals surface area contributed by atoms with E-state index in [-0.39, 0.29) is 4.90 Å². The molecule has 1 atom stereocenters. The van der Waals surface area contributed by atoms with Gasteiger partial charge in [0.15, 0.2) is 0 Å². The zero-order chi connectivity index (χ0) is 13.9. The lowest BCUT2D eigenvalue weighted by atomic mass is 10.0. The first kappa shape index (κ1) is 14.0. The summed E-state index contributed by atoms with van der Waals surface area (Å²) in [6, 6.07) is 8.22. The summed E-state index contributed by atoms with van der Waals surface area (Å²) in [4.78, 5) is 0.223. The fourth-order valence-corrected chi connectivity index (χ4v) is 3.89. The molecule has 0 amide bonds. The van der Waals surface area contributed by atoms with Gasteiger partial charge in [-0.2, -0.15) is 9.57 Å². The maximum absolute atomic E-state index is 12.5. The van der Waals surface area contributed by atoms with Crippen LogP contribution in [0.25, 0.3) is 0 Å². The molecule has 19 heavy (non-hydrogen) atoms. The Morgan fingerprint density at radius 2 is 2.11 bits per heavy atom. The molecule has 1 aromatic carbocycles. The number of rotatable bonds is 2. The zero-order valence-corrected chi connectivity index (χ0v) is 11.9. The molecular formula is C14H18N2O2S. The van der Waals surface area contributed by atoms with Crippen LogP contribution in [0.1, 0.15) is 31.7 Å². The summed E-state index contributed by atoms with van der Waals surface area (Å²) < 4.78 is 26.6. The molecule has 0 radical (unpaired) electrons. The lowest BCUT2D eigenvalue weighted by Gasteiger charge is -2.20. The van der Waals surface area contributed by atoms with Crippen LogP contribution in [-0.4, -0.2) is 25.8 Å². The van der Waals surface area contributed by atoms with Crippen LogP contribution in [0.5, 0.6) is 0 Å². The second-order valence-electron chi connectivity index (χ2n) is 5.08. The Balaban J connectivity index is 2.28. The third-order valence-corrected chi connectivity index (χ3v) is 5.47. The smallest absolute Gasteiger partial charge is 0.207 e. The molecule has 4 nitrogen and oxygen atoms in total. The van der Waals surface area contributed by atoms with Crippen LogP contribution in [0.4, 0.5) is 0 Å². The molecule has 1 fully saturated rings. The molecule has 2 rings (SSSR count). The van der Waals surface area contributed by atoms with Gasteiger partial charge in [0.05, 0.1) is 16.5 Å². The molecule has 1 aromatic rings. The molecule has 1 aliphatic heterocycles. The molecule has 0 aliphatic carbocycles. The first-order chi connectivity index (χ1) is 9.04. The molecular weight excluding hydrogens is 260 g/mol. The van der Waals surface area contributed by atoms with Gasteiger partial charge in [0.1, 0.15) is 0 Å². The van der Waals surface area contributed by atoms with Crippen LogP contribution >= 0.6 is 0 Å². The van der Waals surface area contributed by atoms with Crippen molar-refractivity contribution in [1.82, 2.24) is 4.31 Å². The molecule has 0 spiro atoms. The lowest BCUT2D eigenvalue weighted by Crippen LogP contribution is -2.32. The van der Waals surface area contributed by atoms with Crippen molar-refractivity contribution in [3.8, 4) is 6.07 Å². The first-order valence-electron chi connectivity index (χ1n) is 6.54. The average molecular weight is 278 g/mol. The number of sulfonamides is 1. The van der Waals surface area contributed by atoms with E-state index in [9.17, 15) is 8.42 Å². The number of nitrogens with zero attached hydrogens (tertiary/aromatic N) is 2. The number of hydrogen-bond donors (Lipinski definition) is 0. The largest absolute Gasteiger partial charge is 0.243 e. The summed E-state index contributed by atoms with van der Waals surface area (Å²) in [6.45, 7) is 3.30. The minimum atomic E-state index is -3.46. The van der Waals surface area contributed by atoms with Crippen LogP contribution < -0.4 is 0 Å². The zero-order valence-electron chi connectivity index (χ0n) is 11.0. The fraction of sp³-hybridized carbons (Fsp3) is 0.500. The van der Waals surface area contributed by atoms with Crippen molar-refractivity contribution in [2.75, 3.05) is 13.1 Å². The summed E-state index contributed by atoms with van der Waals surface area (Å²) in [5, 5.41) is 8.86. The predicted octanol–water partition coefficient (Wildman–Crippen LogP) is 2.37. The van der Waals surface area contributed by atoms with Crippen molar-refractivity contribution in [3.05, 3.63) is 29.8 Å². The Morgan fingerprint density at radius 3 is 2.84 bits per heavy atom. The highest BCUT2D eigenvalue weighted by Crippen LogP contribution is 2.23. The summed E-state index contributed by atoms with van der Waals surface area (Å²) in [5.74, 6) is 0.575. The van der Waals surface area contributed by atoms with Crippen LogP contribution in [0.15, 0.2) is 29.2 Å². The highest BCUT2D eigenvalue weighted by Gasteiger charge is 2.26. The second kappa shape index (κ2) is 5.72. The van der Waals surface area contributed by atoms with E-state index in [1.54, 1.807) is 22.5 Å². The van der Waals surface area contributed by atoms with Crippen LogP contribution in [0.3, 0.4) is 0 Å². The SMILES string of the molecule is CC1CCCN(S(=O)(=O)c2cccc(C#N)c2)CC1. The van der Waals surface area contributed by atoms with Crippen molar-refractivity contribution < 1.29 is 8.42 Å². The predicted molar refractivity (Wildman–Crippen MR) is 72.9 cm³/mol. The van der Waals surface area contributed by atoms with E-state index in [2.05, 4.69) is 6.92 Å². The lowest BCUT2D eigenvalue weighted by molar-refractivity contribution is 0.417. The molecule has 0 N–H and O–H groups in total. The maximum Gasteiger partial charge on any atom is 0.243 e. The molecule has 1 saturated heterocycles. The third-order valence-electron chi connectivity index (χ3n) is 3.58. The van der Waals surface area contributed by atoms with E-state index in [1.165, 1.54) is 6.07 Å². The number of hydrogen-bond acceptors (Lipinski definition) is 3. The summed E-state index contributed by atoms with van der Waals surface area (Å²) in [6.07, 6.45) is 2.87. The Hall–Kier alpha value is -1.38. The topological polar surface area (TPSA) is 61.2 Å². The van der Waals surface area contributed by atoms with E-state index < -0.39 is 10.0 Å². The number of nitriles is 1. The van der Waals surface area contributed by atoms with E-state index in [4.69, 9.17) is 5.26 Å². The van der Waals surface area contributed by atoms with Gasteiger partial charge in [0.25, 0.3) is 0 Å². The third kappa shape index (κ3) is 3.14. The van der Waals surface area contributed by atoms with Gasteiger partial charge in [-0.25, -0.2) is 8.42 Å². The van der Waals surface area contributed by atoms with Crippen molar-refractivity contribution in [2.45, 2.75) is 31.1 Å². The van der Waals surface area contributed by atoms with Gasteiger partial charge in [0, 0.05) is 13.1 Å². The molecule has 1 aliphatic rings. The second-order valence-corrected chi connectivity index (χ2v) is 7.02. The quantitative estimate of drug-likeness (QED) is 0.834. The van der Waals surface area contributed by atoms with Crippen LogP contribution in [0.2, 0.25) is 0 Å². The first-order valence-corrected chi connectivity index (χ1v) is 7.98. The Kier molecular flexibility index (Phi) is 4.23. The van der Waals surface area contributed by atoms with Crippen molar-refractivity contribution >= 4 is 10.0 Å². The fourth-order valence-electron chi connectivity index (χ4n) is 2.35. The molecule has 0 saturated carbocycles. The van der Waals surface area contributed by atoms with Gasteiger partial charge in [-0.3, -0.25) is 0 Å². The maximum atomic E-state index is 12.5. The van der Waals surface area contributed by atoms with Gasteiger partial charge in [-0.1, -0.05) is 13.0 Å². The Bertz CT molecular complexity index is 590. The van der Waals surface area contributed by atoms with Gasteiger partial charge >= 0.3 is 0 Å². The molecule has 102 valence electrons. The molecule has 1 unspecified atom stereocenters. The van der Waals surface area contributed by atoms with Crippen molar-refractivity contribution in [3.63, 3.8) is 0 Å². The Labute approximate surface area is 114 Å². The van der Waals surface area contributed by atoms with Crippen molar-refractivity contribution in [1.29, 1.82) is 5.26 Å². The van der Waals surface area contributed by atoms with Gasteiger partial charge in [-0.15, -0.1) is 0 Å². The van der Waals surface area contributed by atoms with E-state index in [0.29, 0.717) is 24.6 Å². The summed E-state index contributed by atoms with van der Waals surface area (Å²) in [7, 11) is -3.46. The van der Waals surface area contributed by atoms with E-state index in [1.807, 2.05) is 6.07 Å². The van der Waals surface area contributed by atoms with Gasteiger partial charge in [0.2, 0.25) is 10.0 Å². The molecule has 1 heterocycles.